The van der Waals surface area contributed by atoms with Crippen LogP contribution in [0.2, 0.25) is 0 Å². The third-order valence-electron chi connectivity index (χ3n) is 3.25. The lowest BCUT2D eigenvalue weighted by atomic mass is 10.2. The molecule has 1 aromatic heterocycles. The number of nitrogens with two attached hydrogens (primary N) is 1. The van der Waals surface area contributed by atoms with Gasteiger partial charge in [0.2, 0.25) is 5.95 Å². The fourth-order valence-corrected chi connectivity index (χ4v) is 2.24. The van der Waals surface area contributed by atoms with E-state index in [4.69, 9.17) is 10.5 Å². The zero-order valence-electron chi connectivity index (χ0n) is 11.0. The second-order valence-corrected chi connectivity index (χ2v) is 4.51. The molecule has 0 saturated heterocycles. The zero-order chi connectivity index (χ0) is 14.1. The number of fused-ring (bicyclic) bond motifs is 1. The van der Waals surface area contributed by atoms with Gasteiger partial charge in [-0.1, -0.05) is 18.2 Å². The summed E-state index contributed by atoms with van der Waals surface area (Å²) in [6, 6.07) is 12.0. The summed E-state index contributed by atoms with van der Waals surface area (Å²) in [6.45, 7) is 0.537. The molecular formula is C15H14FN3O. The second-order valence-electron chi connectivity index (χ2n) is 4.51. The zero-order valence-corrected chi connectivity index (χ0v) is 11.0. The first-order valence-corrected chi connectivity index (χ1v) is 6.22. The van der Waals surface area contributed by atoms with Crippen LogP contribution in [0.3, 0.4) is 0 Å². The van der Waals surface area contributed by atoms with Gasteiger partial charge in [-0.3, -0.25) is 0 Å². The van der Waals surface area contributed by atoms with Crippen LogP contribution in [0, 0.1) is 5.82 Å². The number of nitrogen functional groups attached to an aromatic ring is 1. The number of ether oxygens (including phenoxy) is 1. The molecule has 0 aliphatic carbocycles. The van der Waals surface area contributed by atoms with E-state index in [1.807, 2.05) is 22.8 Å². The summed E-state index contributed by atoms with van der Waals surface area (Å²) in [5, 5.41) is 0. The topological polar surface area (TPSA) is 53.1 Å². The Balaban J connectivity index is 2.07. The first-order valence-electron chi connectivity index (χ1n) is 6.22. The lowest BCUT2D eigenvalue weighted by Gasteiger charge is -2.07. The Morgan fingerprint density at radius 2 is 1.95 bits per heavy atom. The Labute approximate surface area is 115 Å². The van der Waals surface area contributed by atoms with Gasteiger partial charge in [-0.25, -0.2) is 9.37 Å². The quantitative estimate of drug-likeness (QED) is 0.797. The molecule has 1 heterocycles. The van der Waals surface area contributed by atoms with Crippen molar-refractivity contribution in [3.63, 3.8) is 0 Å². The van der Waals surface area contributed by atoms with E-state index in [2.05, 4.69) is 4.98 Å². The van der Waals surface area contributed by atoms with Crippen molar-refractivity contribution in [3.8, 4) is 5.75 Å². The largest absolute Gasteiger partial charge is 0.494 e. The van der Waals surface area contributed by atoms with Crippen LogP contribution < -0.4 is 10.5 Å². The second kappa shape index (κ2) is 4.85. The minimum atomic E-state index is -0.251. The number of halogens is 1. The summed E-state index contributed by atoms with van der Waals surface area (Å²) in [7, 11) is 1.60. The van der Waals surface area contributed by atoms with E-state index in [9.17, 15) is 4.39 Å². The molecule has 0 bridgehead atoms. The Kier molecular flexibility index (Phi) is 3.02. The summed E-state index contributed by atoms with van der Waals surface area (Å²) in [5.74, 6) is 0.847. The molecule has 0 spiro atoms. The molecule has 2 N–H and O–H groups in total. The molecule has 102 valence electrons. The number of benzene rings is 2. The third-order valence-corrected chi connectivity index (χ3v) is 3.25. The van der Waals surface area contributed by atoms with E-state index in [-0.39, 0.29) is 5.82 Å². The molecular weight excluding hydrogens is 257 g/mol. The van der Waals surface area contributed by atoms with Crippen LogP contribution in [0.4, 0.5) is 10.3 Å². The van der Waals surface area contributed by atoms with Crippen molar-refractivity contribution in [2.45, 2.75) is 6.54 Å². The van der Waals surface area contributed by atoms with Gasteiger partial charge in [-0.2, -0.15) is 0 Å². The summed E-state index contributed by atoms with van der Waals surface area (Å²) < 4.78 is 20.1. The Morgan fingerprint density at radius 3 is 2.65 bits per heavy atom. The van der Waals surface area contributed by atoms with Gasteiger partial charge in [0.25, 0.3) is 0 Å². The number of aromatic nitrogens is 2. The maximum absolute atomic E-state index is 12.9. The van der Waals surface area contributed by atoms with Crippen molar-refractivity contribution < 1.29 is 9.13 Å². The number of para-hydroxylation sites is 1. The maximum atomic E-state index is 12.9. The molecule has 0 aliphatic heterocycles. The number of nitrogens with zero attached hydrogens (tertiary/aromatic N) is 2. The van der Waals surface area contributed by atoms with Gasteiger partial charge in [0.1, 0.15) is 17.1 Å². The molecule has 4 nitrogen and oxygen atoms in total. The molecule has 0 amide bonds. The minimum absolute atomic E-state index is 0.251. The number of anilines is 1. The molecule has 0 radical (unpaired) electrons. The summed E-state index contributed by atoms with van der Waals surface area (Å²) in [6.07, 6.45) is 0. The molecule has 20 heavy (non-hydrogen) atoms. The van der Waals surface area contributed by atoms with E-state index in [0.717, 1.165) is 16.6 Å². The lowest BCUT2D eigenvalue weighted by molar-refractivity contribution is 0.419. The number of hydrogen-bond acceptors (Lipinski definition) is 3. The van der Waals surface area contributed by atoms with Gasteiger partial charge < -0.3 is 15.0 Å². The van der Waals surface area contributed by atoms with E-state index in [0.29, 0.717) is 18.2 Å². The van der Waals surface area contributed by atoms with Crippen LogP contribution in [-0.4, -0.2) is 16.7 Å². The molecule has 0 atom stereocenters. The SMILES string of the molecule is COc1cccc2c1nc(N)n2Cc1ccc(F)cc1. The van der Waals surface area contributed by atoms with E-state index in [1.54, 1.807) is 19.2 Å². The van der Waals surface area contributed by atoms with Crippen LogP contribution >= 0.6 is 0 Å². The van der Waals surface area contributed by atoms with E-state index >= 15 is 0 Å². The van der Waals surface area contributed by atoms with Gasteiger partial charge >= 0.3 is 0 Å². The van der Waals surface area contributed by atoms with Gasteiger partial charge in [0.15, 0.2) is 0 Å². The van der Waals surface area contributed by atoms with Gasteiger partial charge in [-0.05, 0) is 29.8 Å². The highest BCUT2D eigenvalue weighted by atomic mass is 19.1. The van der Waals surface area contributed by atoms with E-state index < -0.39 is 0 Å². The highest BCUT2D eigenvalue weighted by Gasteiger charge is 2.12. The highest BCUT2D eigenvalue weighted by Crippen LogP contribution is 2.27. The predicted molar refractivity (Wildman–Crippen MR) is 76.2 cm³/mol. The van der Waals surface area contributed by atoms with Gasteiger partial charge in [-0.15, -0.1) is 0 Å². The van der Waals surface area contributed by atoms with Crippen molar-refractivity contribution in [1.82, 2.24) is 9.55 Å². The van der Waals surface area contributed by atoms with Crippen molar-refractivity contribution in [2.75, 3.05) is 12.8 Å². The highest BCUT2D eigenvalue weighted by molar-refractivity contribution is 5.84. The van der Waals surface area contributed by atoms with Crippen LogP contribution in [-0.2, 0) is 6.54 Å². The van der Waals surface area contributed by atoms with Crippen LogP contribution in [0.5, 0.6) is 5.75 Å². The lowest BCUT2D eigenvalue weighted by Crippen LogP contribution is -2.04. The summed E-state index contributed by atoms with van der Waals surface area (Å²) in [5.41, 5.74) is 8.56. The predicted octanol–water partition coefficient (Wildman–Crippen LogP) is 2.81. The normalized spacial score (nSPS) is 10.9. The molecule has 3 aromatic rings. The Morgan fingerprint density at radius 1 is 1.20 bits per heavy atom. The summed E-state index contributed by atoms with van der Waals surface area (Å²) in [4.78, 5) is 4.34. The first-order chi connectivity index (χ1) is 9.69. The minimum Gasteiger partial charge on any atom is -0.494 e. The third kappa shape index (κ3) is 2.07. The monoisotopic (exact) mass is 271 g/mol. The molecule has 5 heteroatoms. The fourth-order valence-electron chi connectivity index (χ4n) is 2.24. The van der Waals surface area contributed by atoms with Crippen molar-refractivity contribution in [3.05, 3.63) is 53.8 Å². The number of rotatable bonds is 3. The van der Waals surface area contributed by atoms with Crippen LogP contribution in [0.25, 0.3) is 11.0 Å². The molecule has 0 aliphatic rings. The van der Waals surface area contributed by atoms with Crippen LogP contribution in [0.1, 0.15) is 5.56 Å². The molecule has 0 unspecified atom stereocenters. The van der Waals surface area contributed by atoms with Crippen molar-refractivity contribution >= 4 is 17.0 Å². The number of imidazole rings is 1. The standard InChI is InChI=1S/C15H14FN3O/c1-20-13-4-2-3-12-14(13)18-15(17)19(12)9-10-5-7-11(16)8-6-10/h2-8H,9H2,1H3,(H2,17,18). The van der Waals surface area contributed by atoms with E-state index in [1.165, 1.54) is 12.1 Å². The van der Waals surface area contributed by atoms with Gasteiger partial charge in [0, 0.05) is 0 Å². The van der Waals surface area contributed by atoms with Crippen molar-refractivity contribution in [2.24, 2.45) is 0 Å². The molecule has 2 aromatic carbocycles. The Hall–Kier alpha value is -2.56. The number of methoxy groups -OCH3 is 1. The summed E-state index contributed by atoms with van der Waals surface area (Å²) >= 11 is 0. The smallest absolute Gasteiger partial charge is 0.201 e. The maximum Gasteiger partial charge on any atom is 0.201 e. The number of hydrogen-bond donors (Lipinski definition) is 1. The van der Waals surface area contributed by atoms with Crippen LogP contribution in [0.15, 0.2) is 42.5 Å². The average molecular weight is 271 g/mol. The first kappa shape index (κ1) is 12.5. The molecule has 3 rings (SSSR count). The van der Waals surface area contributed by atoms with Crippen molar-refractivity contribution in [1.29, 1.82) is 0 Å². The Bertz CT molecular complexity index is 750. The van der Waals surface area contributed by atoms with Gasteiger partial charge in [0.05, 0.1) is 19.2 Å². The molecule has 0 fully saturated rings. The molecule has 0 saturated carbocycles. The average Bonchev–Trinajstić information content (AvgIpc) is 2.77. The fraction of sp³-hybridized carbons (Fsp3) is 0.133.